The summed E-state index contributed by atoms with van der Waals surface area (Å²) < 4.78 is 0. The minimum absolute atomic E-state index is 0.573. The van der Waals surface area contributed by atoms with Crippen molar-refractivity contribution in [1.82, 2.24) is 14.9 Å². The summed E-state index contributed by atoms with van der Waals surface area (Å²) in [6.45, 7) is 9.93. The van der Waals surface area contributed by atoms with Crippen molar-refractivity contribution in [2.24, 2.45) is 0 Å². The van der Waals surface area contributed by atoms with Gasteiger partial charge in [0.05, 0.1) is 0 Å². The summed E-state index contributed by atoms with van der Waals surface area (Å²) in [4.78, 5) is 14.7. The molecule has 4 heteroatoms. The maximum Gasteiger partial charge on any atom is 0.225 e. The van der Waals surface area contributed by atoms with Crippen molar-refractivity contribution in [2.75, 3.05) is 31.1 Å². The highest BCUT2D eigenvalue weighted by Gasteiger charge is 2.23. The van der Waals surface area contributed by atoms with Crippen LogP contribution in [0.1, 0.15) is 67.5 Å². The van der Waals surface area contributed by atoms with Gasteiger partial charge in [-0.15, -0.1) is 0 Å². The average Bonchev–Trinajstić information content (AvgIpc) is 2.75. The van der Waals surface area contributed by atoms with E-state index in [2.05, 4.69) is 54.0 Å². The number of piperidine rings is 2. The molecule has 0 spiro atoms. The Bertz CT molecular complexity index is 757. The quantitative estimate of drug-likeness (QED) is 0.754. The van der Waals surface area contributed by atoms with Gasteiger partial charge in [0.25, 0.3) is 0 Å². The zero-order valence-corrected chi connectivity index (χ0v) is 17.5. The topological polar surface area (TPSA) is 32.3 Å². The smallest absolute Gasteiger partial charge is 0.225 e. The molecular weight excluding hydrogens is 344 g/mol. The number of anilines is 1. The molecule has 2 aliphatic rings. The first-order valence-corrected chi connectivity index (χ1v) is 11.1. The van der Waals surface area contributed by atoms with Crippen molar-refractivity contribution in [2.45, 2.75) is 64.8 Å². The average molecular weight is 379 g/mol. The normalized spacial score (nSPS) is 19.1. The van der Waals surface area contributed by atoms with Gasteiger partial charge >= 0.3 is 0 Å². The standard InChI is InChI=1S/C24H34N4/c1-3-20-7-9-21(10-8-20)18-27-15-11-22(12-16-27)23-17-19(2)25-24(26-23)28-13-5-4-6-14-28/h7-10,17,22H,3-6,11-16,18H2,1-2H3. The van der Waals surface area contributed by atoms with Crippen LogP contribution in [-0.2, 0) is 13.0 Å². The van der Waals surface area contributed by atoms with E-state index in [0.29, 0.717) is 5.92 Å². The lowest BCUT2D eigenvalue weighted by Gasteiger charge is -2.32. The van der Waals surface area contributed by atoms with Gasteiger partial charge < -0.3 is 4.90 Å². The zero-order chi connectivity index (χ0) is 19.3. The molecule has 3 heterocycles. The van der Waals surface area contributed by atoms with E-state index in [0.717, 1.165) is 50.8 Å². The lowest BCUT2D eigenvalue weighted by Crippen LogP contribution is -2.34. The van der Waals surface area contributed by atoms with Crippen LogP contribution in [0.5, 0.6) is 0 Å². The fourth-order valence-electron chi connectivity index (χ4n) is 4.55. The van der Waals surface area contributed by atoms with Gasteiger partial charge in [-0.2, -0.15) is 0 Å². The molecule has 150 valence electrons. The van der Waals surface area contributed by atoms with E-state index in [4.69, 9.17) is 9.97 Å². The molecule has 2 aromatic rings. The van der Waals surface area contributed by atoms with Crippen LogP contribution in [0.4, 0.5) is 5.95 Å². The van der Waals surface area contributed by atoms with Crippen LogP contribution in [-0.4, -0.2) is 41.0 Å². The lowest BCUT2D eigenvalue weighted by atomic mass is 9.92. The Morgan fingerprint density at radius 1 is 0.893 bits per heavy atom. The molecular formula is C24H34N4. The monoisotopic (exact) mass is 378 g/mol. The van der Waals surface area contributed by atoms with Gasteiger partial charge in [-0.3, -0.25) is 4.90 Å². The van der Waals surface area contributed by atoms with Crippen molar-refractivity contribution < 1.29 is 0 Å². The first kappa shape index (κ1) is 19.4. The molecule has 2 saturated heterocycles. The molecule has 2 aliphatic heterocycles. The van der Waals surface area contributed by atoms with Gasteiger partial charge in [-0.05, 0) is 75.7 Å². The molecule has 0 N–H and O–H groups in total. The molecule has 1 aromatic heterocycles. The Morgan fingerprint density at radius 3 is 2.25 bits per heavy atom. The third-order valence-electron chi connectivity index (χ3n) is 6.34. The van der Waals surface area contributed by atoms with Crippen molar-refractivity contribution in [3.63, 3.8) is 0 Å². The van der Waals surface area contributed by atoms with E-state index in [1.807, 2.05) is 0 Å². The van der Waals surface area contributed by atoms with Crippen LogP contribution < -0.4 is 4.90 Å². The van der Waals surface area contributed by atoms with E-state index in [-0.39, 0.29) is 0 Å². The Morgan fingerprint density at radius 2 is 1.57 bits per heavy atom. The molecule has 2 fully saturated rings. The molecule has 28 heavy (non-hydrogen) atoms. The van der Waals surface area contributed by atoms with Crippen LogP contribution in [0.2, 0.25) is 0 Å². The first-order valence-electron chi connectivity index (χ1n) is 11.1. The van der Waals surface area contributed by atoms with Gasteiger partial charge in [0.15, 0.2) is 0 Å². The number of rotatable bonds is 5. The fraction of sp³-hybridized carbons (Fsp3) is 0.583. The molecule has 0 atom stereocenters. The highest BCUT2D eigenvalue weighted by Crippen LogP contribution is 2.29. The summed E-state index contributed by atoms with van der Waals surface area (Å²) >= 11 is 0. The zero-order valence-electron chi connectivity index (χ0n) is 17.5. The number of aromatic nitrogens is 2. The van der Waals surface area contributed by atoms with E-state index < -0.39 is 0 Å². The minimum Gasteiger partial charge on any atom is -0.341 e. The van der Waals surface area contributed by atoms with Gasteiger partial charge in [0.2, 0.25) is 5.95 Å². The minimum atomic E-state index is 0.573. The Hall–Kier alpha value is -1.94. The van der Waals surface area contributed by atoms with Crippen molar-refractivity contribution in [3.8, 4) is 0 Å². The molecule has 4 rings (SSSR count). The summed E-state index contributed by atoms with van der Waals surface area (Å²) in [6, 6.07) is 11.4. The van der Waals surface area contributed by atoms with Gasteiger partial charge in [0.1, 0.15) is 0 Å². The van der Waals surface area contributed by atoms with Crippen molar-refractivity contribution >= 4 is 5.95 Å². The number of nitrogens with zero attached hydrogens (tertiary/aromatic N) is 4. The van der Waals surface area contributed by atoms with Gasteiger partial charge in [0, 0.05) is 36.9 Å². The maximum atomic E-state index is 5.01. The lowest BCUT2D eigenvalue weighted by molar-refractivity contribution is 0.203. The van der Waals surface area contributed by atoms with Crippen LogP contribution >= 0.6 is 0 Å². The summed E-state index contributed by atoms with van der Waals surface area (Å²) in [7, 11) is 0. The van der Waals surface area contributed by atoms with E-state index in [1.165, 1.54) is 48.9 Å². The summed E-state index contributed by atoms with van der Waals surface area (Å²) in [6.07, 6.45) is 7.39. The predicted octanol–water partition coefficient (Wildman–Crippen LogP) is 4.72. The largest absolute Gasteiger partial charge is 0.341 e. The summed E-state index contributed by atoms with van der Waals surface area (Å²) in [5.41, 5.74) is 5.23. The third kappa shape index (κ3) is 4.72. The predicted molar refractivity (Wildman–Crippen MR) is 116 cm³/mol. The second-order valence-corrected chi connectivity index (χ2v) is 8.50. The van der Waals surface area contributed by atoms with Gasteiger partial charge in [-0.1, -0.05) is 31.2 Å². The molecule has 0 aliphatic carbocycles. The van der Waals surface area contributed by atoms with Gasteiger partial charge in [-0.25, -0.2) is 9.97 Å². The Kier molecular flexibility index (Phi) is 6.26. The molecule has 0 unspecified atom stereocenters. The number of hydrogen-bond acceptors (Lipinski definition) is 4. The van der Waals surface area contributed by atoms with E-state index >= 15 is 0 Å². The number of hydrogen-bond donors (Lipinski definition) is 0. The van der Waals surface area contributed by atoms with E-state index in [1.54, 1.807) is 0 Å². The third-order valence-corrected chi connectivity index (χ3v) is 6.34. The first-order chi connectivity index (χ1) is 13.7. The van der Waals surface area contributed by atoms with Crippen LogP contribution in [0.25, 0.3) is 0 Å². The molecule has 0 radical (unpaired) electrons. The van der Waals surface area contributed by atoms with Crippen molar-refractivity contribution in [3.05, 3.63) is 52.8 Å². The number of aryl methyl sites for hydroxylation is 2. The van der Waals surface area contributed by atoms with Crippen LogP contribution in [0, 0.1) is 6.92 Å². The Labute approximate surface area is 170 Å². The number of benzene rings is 1. The highest BCUT2D eigenvalue weighted by molar-refractivity contribution is 5.34. The Balaban J connectivity index is 1.37. The van der Waals surface area contributed by atoms with E-state index in [9.17, 15) is 0 Å². The maximum absolute atomic E-state index is 5.01. The molecule has 0 saturated carbocycles. The fourth-order valence-corrected chi connectivity index (χ4v) is 4.55. The summed E-state index contributed by atoms with van der Waals surface area (Å²) in [5.74, 6) is 1.54. The second kappa shape index (κ2) is 9.04. The van der Waals surface area contributed by atoms with Crippen LogP contribution in [0.3, 0.4) is 0 Å². The number of likely N-dealkylation sites (tertiary alicyclic amines) is 1. The van der Waals surface area contributed by atoms with Crippen LogP contribution in [0.15, 0.2) is 30.3 Å². The SMILES string of the molecule is CCc1ccc(CN2CCC(c3cc(C)nc(N4CCCCC4)n3)CC2)cc1. The molecule has 0 bridgehead atoms. The molecule has 1 aromatic carbocycles. The highest BCUT2D eigenvalue weighted by atomic mass is 15.3. The second-order valence-electron chi connectivity index (χ2n) is 8.50. The van der Waals surface area contributed by atoms with Crippen molar-refractivity contribution in [1.29, 1.82) is 0 Å². The molecule has 4 nitrogen and oxygen atoms in total. The molecule has 0 amide bonds. The summed E-state index contributed by atoms with van der Waals surface area (Å²) in [5, 5.41) is 0.